The van der Waals surface area contributed by atoms with E-state index in [1.54, 1.807) is 0 Å². The first-order valence-corrected chi connectivity index (χ1v) is 16.8. The van der Waals surface area contributed by atoms with Crippen LogP contribution >= 0.6 is 0 Å². The van der Waals surface area contributed by atoms with E-state index in [4.69, 9.17) is 0 Å². The Morgan fingerprint density at radius 3 is 1.11 bits per heavy atom. The van der Waals surface area contributed by atoms with Crippen molar-refractivity contribution in [3.63, 3.8) is 0 Å². The highest BCUT2D eigenvalue weighted by molar-refractivity contribution is 6.28. The van der Waals surface area contributed by atoms with Gasteiger partial charge in [0.25, 0.3) is 0 Å². The van der Waals surface area contributed by atoms with Crippen LogP contribution in [-0.2, 0) is 12.8 Å². The predicted octanol–water partition coefficient (Wildman–Crippen LogP) is 12.8. The van der Waals surface area contributed by atoms with Gasteiger partial charge in [-0.3, -0.25) is 0 Å². The van der Waals surface area contributed by atoms with Crippen molar-refractivity contribution in [3.8, 4) is 66.8 Å². The van der Waals surface area contributed by atoms with E-state index in [1.807, 2.05) is 0 Å². The Labute approximate surface area is 275 Å². The molecule has 0 saturated heterocycles. The molecule has 2 aliphatic carbocycles. The SMILES string of the molecule is c1ccc(-c2ccc(-c3c4c(c(-c5ccc(-c6ccccc6)cc5)c5ccccc35)-c3ccc5c6c(ccc-4c36)CCC5)cc2)cc1. The number of hydrogen-bond acceptors (Lipinski definition) is 0. The monoisotopic (exact) mass is 596 g/mol. The Bertz CT molecular complexity index is 2310. The van der Waals surface area contributed by atoms with Crippen LogP contribution in [-0.4, -0.2) is 0 Å². The Morgan fingerprint density at radius 2 is 0.660 bits per heavy atom. The molecule has 10 rings (SSSR count). The molecule has 2 aliphatic rings. The van der Waals surface area contributed by atoms with Crippen LogP contribution in [0.25, 0.3) is 88.3 Å². The van der Waals surface area contributed by atoms with Crippen molar-refractivity contribution in [1.82, 2.24) is 0 Å². The number of benzene rings is 8. The van der Waals surface area contributed by atoms with Crippen LogP contribution in [0.4, 0.5) is 0 Å². The van der Waals surface area contributed by atoms with Crippen molar-refractivity contribution in [3.05, 3.63) is 169 Å². The van der Waals surface area contributed by atoms with E-state index in [9.17, 15) is 0 Å². The lowest BCUT2D eigenvalue weighted by atomic mass is 9.82. The molecule has 0 heteroatoms. The molecule has 0 N–H and O–H groups in total. The summed E-state index contributed by atoms with van der Waals surface area (Å²) in [6.45, 7) is 0. The lowest BCUT2D eigenvalue weighted by Crippen LogP contribution is -2.01. The van der Waals surface area contributed by atoms with Crippen LogP contribution in [0.15, 0.2) is 158 Å². The molecule has 220 valence electrons. The van der Waals surface area contributed by atoms with Gasteiger partial charge in [-0.1, -0.05) is 158 Å². The van der Waals surface area contributed by atoms with Gasteiger partial charge in [-0.25, -0.2) is 0 Å². The van der Waals surface area contributed by atoms with Crippen molar-refractivity contribution in [2.75, 3.05) is 0 Å². The highest BCUT2D eigenvalue weighted by atomic mass is 14.3. The Morgan fingerprint density at radius 1 is 0.277 bits per heavy atom. The Balaban J connectivity index is 1.28. The van der Waals surface area contributed by atoms with Crippen molar-refractivity contribution in [2.45, 2.75) is 19.3 Å². The molecule has 0 atom stereocenters. The zero-order chi connectivity index (χ0) is 30.9. The molecule has 8 aromatic rings. The van der Waals surface area contributed by atoms with Gasteiger partial charge in [0, 0.05) is 0 Å². The molecule has 0 aliphatic heterocycles. The van der Waals surface area contributed by atoms with E-state index in [0.717, 1.165) is 12.8 Å². The zero-order valence-electron chi connectivity index (χ0n) is 26.1. The van der Waals surface area contributed by atoms with E-state index < -0.39 is 0 Å². The second-order valence-corrected chi connectivity index (χ2v) is 13.1. The largest absolute Gasteiger partial charge is 0.0622 e. The van der Waals surface area contributed by atoms with Gasteiger partial charge in [0.1, 0.15) is 0 Å². The van der Waals surface area contributed by atoms with Crippen LogP contribution < -0.4 is 0 Å². The molecule has 0 unspecified atom stereocenters. The molecule has 0 bridgehead atoms. The summed E-state index contributed by atoms with van der Waals surface area (Å²) in [5.74, 6) is 0. The highest BCUT2D eigenvalue weighted by Gasteiger charge is 2.32. The number of aryl methyl sites for hydroxylation is 2. The number of rotatable bonds is 4. The fourth-order valence-corrected chi connectivity index (χ4v) is 8.44. The first-order chi connectivity index (χ1) is 23.3. The third-order valence-corrected chi connectivity index (χ3v) is 10.5. The predicted molar refractivity (Wildman–Crippen MR) is 200 cm³/mol. The van der Waals surface area contributed by atoms with Gasteiger partial charge in [0.15, 0.2) is 0 Å². The van der Waals surface area contributed by atoms with E-state index in [1.165, 1.54) is 106 Å². The molecule has 0 heterocycles. The van der Waals surface area contributed by atoms with E-state index in [2.05, 4.69) is 158 Å². The molecule has 0 nitrogen and oxygen atoms in total. The topological polar surface area (TPSA) is 0 Å². The first kappa shape index (κ1) is 26.5. The average Bonchev–Trinajstić information content (AvgIpc) is 3.49. The third kappa shape index (κ3) is 4.01. The Kier molecular flexibility index (Phi) is 5.87. The molecular weight excluding hydrogens is 565 g/mol. The minimum absolute atomic E-state index is 1.16. The quantitative estimate of drug-likeness (QED) is 0.190. The maximum atomic E-state index is 2.43. The maximum Gasteiger partial charge on any atom is -0.000741 e. The molecular formula is C47H32. The van der Waals surface area contributed by atoms with Gasteiger partial charge in [0.05, 0.1) is 0 Å². The second kappa shape index (κ2) is 10.4. The minimum atomic E-state index is 1.16. The molecule has 0 spiro atoms. The van der Waals surface area contributed by atoms with Crippen LogP contribution in [0.1, 0.15) is 17.5 Å². The smallest absolute Gasteiger partial charge is 0.000741 e. The van der Waals surface area contributed by atoms with Crippen LogP contribution in [0.3, 0.4) is 0 Å². The summed E-state index contributed by atoms with van der Waals surface area (Å²) < 4.78 is 0. The van der Waals surface area contributed by atoms with Gasteiger partial charge in [-0.05, 0) is 119 Å². The molecule has 8 aromatic carbocycles. The fourth-order valence-electron chi connectivity index (χ4n) is 8.44. The van der Waals surface area contributed by atoms with Crippen molar-refractivity contribution in [1.29, 1.82) is 0 Å². The molecule has 0 radical (unpaired) electrons. The average molecular weight is 597 g/mol. The summed E-state index contributed by atoms with van der Waals surface area (Å²) in [4.78, 5) is 0. The lowest BCUT2D eigenvalue weighted by Gasteiger charge is -2.21. The normalized spacial score (nSPS) is 12.9. The van der Waals surface area contributed by atoms with E-state index in [-0.39, 0.29) is 0 Å². The third-order valence-electron chi connectivity index (χ3n) is 10.5. The van der Waals surface area contributed by atoms with Crippen molar-refractivity contribution >= 4 is 21.5 Å². The van der Waals surface area contributed by atoms with Crippen molar-refractivity contribution < 1.29 is 0 Å². The van der Waals surface area contributed by atoms with Gasteiger partial charge in [-0.15, -0.1) is 0 Å². The number of hydrogen-bond donors (Lipinski definition) is 0. The van der Waals surface area contributed by atoms with E-state index in [0.29, 0.717) is 0 Å². The van der Waals surface area contributed by atoms with Gasteiger partial charge < -0.3 is 0 Å². The van der Waals surface area contributed by atoms with E-state index >= 15 is 0 Å². The van der Waals surface area contributed by atoms with Crippen LogP contribution in [0.5, 0.6) is 0 Å². The minimum Gasteiger partial charge on any atom is -0.0622 e. The molecule has 0 fully saturated rings. The number of fused-ring (bicyclic) bond motifs is 4. The van der Waals surface area contributed by atoms with Gasteiger partial charge in [0.2, 0.25) is 0 Å². The van der Waals surface area contributed by atoms with Crippen LogP contribution in [0.2, 0.25) is 0 Å². The molecule has 47 heavy (non-hydrogen) atoms. The van der Waals surface area contributed by atoms with Crippen molar-refractivity contribution in [2.24, 2.45) is 0 Å². The summed E-state index contributed by atoms with van der Waals surface area (Å²) in [7, 11) is 0. The van der Waals surface area contributed by atoms with Gasteiger partial charge in [-0.2, -0.15) is 0 Å². The molecule has 0 aromatic heterocycles. The first-order valence-electron chi connectivity index (χ1n) is 16.8. The Hall–Kier alpha value is -5.72. The summed E-state index contributed by atoms with van der Waals surface area (Å²) in [6.07, 6.45) is 3.55. The standard InChI is InChI=1S/C47H32/c1-3-10-30(11-4-1)32-18-22-36(23-19-32)43-38-16-7-8-17-39(38)44(37-24-20-33(21-25-37)31-12-5-2-6-13-31)47-41-29-27-35-15-9-14-34-26-28-40(46(43)47)45(41)42(34)35/h1-8,10-13,16-29H,9,14-15H2. The highest BCUT2D eigenvalue weighted by Crippen LogP contribution is 2.58. The molecule has 0 saturated carbocycles. The lowest BCUT2D eigenvalue weighted by molar-refractivity contribution is 0.808. The van der Waals surface area contributed by atoms with Crippen LogP contribution in [0, 0.1) is 0 Å². The second-order valence-electron chi connectivity index (χ2n) is 13.1. The summed E-state index contributed by atoms with van der Waals surface area (Å²) in [6, 6.07) is 58.7. The summed E-state index contributed by atoms with van der Waals surface area (Å²) >= 11 is 0. The molecule has 0 amide bonds. The van der Waals surface area contributed by atoms with Gasteiger partial charge >= 0.3 is 0 Å². The summed E-state index contributed by atoms with van der Waals surface area (Å²) in [5, 5.41) is 5.56. The maximum absolute atomic E-state index is 2.43. The fraction of sp³-hybridized carbons (Fsp3) is 0.0638. The zero-order valence-corrected chi connectivity index (χ0v) is 26.1. The summed E-state index contributed by atoms with van der Waals surface area (Å²) in [5.41, 5.74) is 18.7.